The van der Waals surface area contributed by atoms with Gasteiger partial charge < -0.3 is 19.1 Å². The minimum absolute atomic E-state index is 0.0161. The van der Waals surface area contributed by atoms with Crippen molar-refractivity contribution in [2.75, 3.05) is 27.5 Å². The van der Waals surface area contributed by atoms with E-state index in [9.17, 15) is 9.59 Å². The molecule has 2 amide bonds. The predicted octanol–water partition coefficient (Wildman–Crippen LogP) is 2.70. The molecule has 168 valence electrons. The Bertz CT molecular complexity index is 1040. The molecule has 2 aromatic carbocycles. The Kier molecular flexibility index (Phi) is 6.30. The highest BCUT2D eigenvalue weighted by Gasteiger charge is 2.43. The average molecular weight is 437 g/mol. The molecule has 1 aliphatic carbocycles. The van der Waals surface area contributed by atoms with E-state index in [0.717, 1.165) is 12.0 Å². The maximum atomic E-state index is 12.6. The van der Waals surface area contributed by atoms with Crippen LogP contribution in [-0.2, 0) is 16.0 Å². The van der Waals surface area contributed by atoms with Crippen LogP contribution in [0, 0.1) is 5.92 Å². The third-order valence-electron chi connectivity index (χ3n) is 5.93. The van der Waals surface area contributed by atoms with Gasteiger partial charge in [0, 0.05) is 32.0 Å². The Labute approximate surface area is 187 Å². The van der Waals surface area contributed by atoms with Crippen LogP contribution in [0.4, 0.5) is 0 Å². The lowest BCUT2D eigenvalue weighted by Crippen LogP contribution is -2.26. The van der Waals surface area contributed by atoms with Gasteiger partial charge in [0.05, 0.1) is 13.3 Å². The lowest BCUT2D eigenvalue weighted by Gasteiger charge is -2.17. The van der Waals surface area contributed by atoms with Crippen LogP contribution in [0.2, 0.25) is 0 Å². The summed E-state index contributed by atoms with van der Waals surface area (Å²) in [6, 6.07) is 11.9. The molecule has 0 spiro atoms. The molecule has 8 heteroatoms. The molecule has 1 aliphatic heterocycles. The molecular weight excluding hydrogens is 410 g/mol. The smallest absolute Gasteiger partial charge is 0.243 e. The van der Waals surface area contributed by atoms with E-state index in [2.05, 4.69) is 10.5 Å². The summed E-state index contributed by atoms with van der Waals surface area (Å²) in [6.07, 6.45) is 2.96. The van der Waals surface area contributed by atoms with E-state index in [1.54, 1.807) is 25.3 Å². The zero-order chi connectivity index (χ0) is 22.7. The summed E-state index contributed by atoms with van der Waals surface area (Å²) < 4.78 is 16.7. The first-order chi connectivity index (χ1) is 15.5. The Morgan fingerprint density at radius 3 is 2.78 bits per heavy atom. The van der Waals surface area contributed by atoms with Crippen LogP contribution in [-0.4, -0.2) is 50.4 Å². The molecule has 1 N–H and O–H groups in total. The van der Waals surface area contributed by atoms with Gasteiger partial charge in [0.15, 0.2) is 11.5 Å². The number of carbonyl (C=O) groups excluding carboxylic acids is 2. The number of hydrogen-bond donors (Lipinski definition) is 1. The third kappa shape index (κ3) is 4.54. The van der Waals surface area contributed by atoms with Gasteiger partial charge in [0.25, 0.3) is 0 Å². The number of rotatable bonds is 8. The van der Waals surface area contributed by atoms with Gasteiger partial charge in [-0.1, -0.05) is 30.3 Å². The first kappa shape index (κ1) is 21.7. The van der Waals surface area contributed by atoms with Gasteiger partial charge in [-0.3, -0.25) is 9.59 Å². The third-order valence-corrected chi connectivity index (χ3v) is 5.93. The molecule has 32 heavy (non-hydrogen) atoms. The first-order valence-electron chi connectivity index (χ1n) is 10.6. The highest BCUT2D eigenvalue weighted by Crippen LogP contribution is 2.47. The number of nitrogens with one attached hydrogen (secondary N) is 1. The molecule has 0 saturated heterocycles. The van der Waals surface area contributed by atoms with Crippen molar-refractivity contribution < 1.29 is 23.8 Å². The van der Waals surface area contributed by atoms with E-state index in [1.165, 1.54) is 12.5 Å². The predicted molar refractivity (Wildman–Crippen MR) is 119 cm³/mol. The molecule has 2 aromatic rings. The van der Waals surface area contributed by atoms with Crippen molar-refractivity contribution in [2.45, 2.75) is 25.7 Å². The summed E-state index contributed by atoms with van der Waals surface area (Å²) in [6.45, 7) is 2.16. The maximum Gasteiger partial charge on any atom is 0.243 e. The number of carbonyl (C=O) groups is 2. The fourth-order valence-corrected chi connectivity index (χ4v) is 3.87. The van der Waals surface area contributed by atoms with Crippen LogP contribution in [0.15, 0.2) is 41.5 Å². The highest BCUT2D eigenvalue weighted by atomic mass is 16.7. The van der Waals surface area contributed by atoms with Crippen molar-refractivity contribution >= 4 is 18.0 Å². The van der Waals surface area contributed by atoms with E-state index < -0.39 is 0 Å². The van der Waals surface area contributed by atoms with E-state index >= 15 is 0 Å². The molecule has 0 unspecified atom stereocenters. The summed E-state index contributed by atoms with van der Waals surface area (Å²) in [5.74, 6) is 1.64. The largest absolute Gasteiger partial charge is 0.492 e. The molecule has 0 radical (unpaired) electrons. The standard InChI is InChI=1S/C24H27N3O5/c1-15(28)27(2)10-9-17-11-21-23(32-14-31-21)22(30-3)20(17)13-25-26-24(29)19-12-18(19)16-7-5-4-6-8-16/h4-8,11,13,18-19H,9-10,12,14H2,1-3H3,(H,26,29)/b25-13-/t18-,19+/m1/s1. The van der Waals surface area contributed by atoms with Crippen molar-refractivity contribution in [3.05, 3.63) is 53.1 Å². The molecule has 1 heterocycles. The second kappa shape index (κ2) is 9.30. The SMILES string of the molecule is COc1c(/C=N\NC(=O)[C@H]2C[C@@H]2c2ccccc2)c(CCN(C)C(C)=O)cc2c1OCO2. The van der Waals surface area contributed by atoms with Gasteiger partial charge in [-0.25, -0.2) is 5.43 Å². The zero-order valence-corrected chi connectivity index (χ0v) is 18.5. The number of benzene rings is 2. The highest BCUT2D eigenvalue weighted by molar-refractivity contribution is 5.90. The van der Waals surface area contributed by atoms with Gasteiger partial charge in [-0.05, 0) is 36.0 Å². The van der Waals surface area contributed by atoms with Crippen molar-refractivity contribution in [1.29, 1.82) is 0 Å². The summed E-state index contributed by atoms with van der Waals surface area (Å²) in [5.41, 5.74) is 5.40. The number of hydrazone groups is 1. The van der Waals surface area contributed by atoms with Crippen LogP contribution in [0.25, 0.3) is 0 Å². The Balaban J connectivity index is 1.49. The Hall–Kier alpha value is -3.55. The molecule has 0 aromatic heterocycles. The molecule has 1 fully saturated rings. The summed E-state index contributed by atoms with van der Waals surface area (Å²) >= 11 is 0. The lowest BCUT2D eigenvalue weighted by molar-refractivity contribution is -0.127. The Morgan fingerprint density at radius 2 is 2.06 bits per heavy atom. The normalized spacial score (nSPS) is 18.5. The summed E-state index contributed by atoms with van der Waals surface area (Å²) in [4.78, 5) is 25.8. The quantitative estimate of drug-likeness (QED) is 0.507. The van der Waals surface area contributed by atoms with Gasteiger partial charge >= 0.3 is 0 Å². The lowest BCUT2D eigenvalue weighted by atomic mass is 10.0. The van der Waals surface area contributed by atoms with Gasteiger partial charge in [0.1, 0.15) is 0 Å². The van der Waals surface area contributed by atoms with Gasteiger partial charge in [0.2, 0.25) is 24.4 Å². The topological polar surface area (TPSA) is 89.5 Å². The molecule has 1 saturated carbocycles. The van der Waals surface area contributed by atoms with E-state index in [-0.39, 0.29) is 30.4 Å². The fraction of sp³-hybridized carbons (Fsp3) is 0.375. The monoisotopic (exact) mass is 437 g/mol. The van der Waals surface area contributed by atoms with E-state index in [0.29, 0.717) is 35.8 Å². The number of methoxy groups -OCH3 is 1. The van der Waals surface area contributed by atoms with Crippen LogP contribution in [0.1, 0.15) is 36.0 Å². The zero-order valence-electron chi connectivity index (χ0n) is 18.5. The molecule has 8 nitrogen and oxygen atoms in total. The number of fused-ring (bicyclic) bond motifs is 1. The van der Waals surface area contributed by atoms with Gasteiger partial charge in [-0.15, -0.1) is 0 Å². The number of amides is 2. The Morgan fingerprint density at radius 1 is 1.28 bits per heavy atom. The van der Waals surface area contributed by atoms with Crippen molar-refractivity contribution in [3.8, 4) is 17.2 Å². The molecule has 2 aliphatic rings. The number of nitrogens with zero attached hydrogens (tertiary/aromatic N) is 2. The van der Waals surface area contributed by atoms with Crippen LogP contribution in [0.3, 0.4) is 0 Å². The summed E-state index contributed by atoms with van der Waals surface area (Å²) in [7, 11) is 3.30. The van der Waals surface area contributed by atoms with E-state index in [4.69, 9.17) is 14.2 Å². The van der Waals surface area contributed by atoms with Crippen molar-refractivity contribution in [1.82, 2.24) is 10.3 Å². The van der Waals surface area contributed by atoms with Crippen LogP contribution < -0.4 is 19.6 Å². The molecule has 0 bridgehead atoms. The average Bonchev–Trinajstić information content (AvgIpc) is 3.47. The van der Waals surface area contributed by atoms with E-state index in [1.807, 2.05) is 36.4 Å². The van der Waals surface area contributed by atoms with Crippen molar-refractivity contribution in [3.63, 3.8) is 0 Å². The van der Waals surface area contributed by atoms with Crippen LogP contribution in [0.5, 0.6) is 17.2 Å². The van der Waals surface area contributed by atoms with Gasteiger partial charge in [-0.2, -0.15) is 5.10 Å². The molecule has 4 rings (SSSR count). The number of ether oxygens (including phenoxy) is 3. The minimum Gasteiger partial charge on any atom is -0.492 e. The van der Waals surface area contributed by atoms with Crippen LogP contribution >= 0.6 is 0 Å². The molecular formula is C24H27N3O5. The minimum atomic E-state index is -0.104. The summed E-state index contributed by atoms with van der Waals surface area (Å²) in [5, 5.41) is 4.21. The fourth-order valence-electron chi connectivity index (χ4n) is 3.87. The maximum absolute atomic E-state index is 12.6. The number of likely N-dealkylation sites (N-methyl/N-ethyl adjacent to an activating group) is 1. The number of hydrogen-bond acceptors (Lipinski definition) is 6. The van der Waals surface area contributed by atoms with Crippen molar-refractivity contribution in [2.24, 2.45) is 11.0 Å². The first-order valence-corrected chi connectivity index (χ1v) is 10.6. The molecule has 2 atom stereocenters. The second-order valence-corrected chi connectivity index (χ2v) is 8.00. The second-order valence-electron chi connectivity index (χ2n) is 8.00.